The van der Waals surface area contributed by atoms with Crippen molar-refractivity contribution in [2.24, 2.45) is 0 Å². The number of anilines is 2. The zero-order valence-electron chi connectivity index (χ0n) is 24.8. The summed E-state index contributed by atoms with van der Waals surface area (Å²) in [7, 11) is 0. The zero-order valence-corrected chi connectivity index (χ0v) is 24.8. The molecule has 0 bridgehead atoms. The average Bonchev–Trinajstić information content (AvgIpc) is 3.64. The van der Waals surface area contributed by atoms with Crippen LogP contribution in [0.1, 0.15) is 22.3 Å². The number of para-hydroxylation sites is 2. The SMILES string of the molecule is c1ccc2c(c1)Oc1ccc(-c3ccc(Nc4cccc5oc6ccccc6c45)cc3)cc1C21c2ccccc2-c2ccccc21. The van der Waals surface area contributed by atoms with Crippen LogP contribution in [0.4, 0.5) is 11.4 Å². The predicted molar refractivity (Wildman–Crippen MR) is 186 cm³/mol. The van der Waals surface area contributed by atoms with Gasteiger partial charge in [-0.05, 0) is 81.9 Å². The molecule has 0 fully saturated rings. The Balaban J connectivity index is 1.09. The zero-order chi connectivity index (χ0) is 30.2. The van der Waals surface area contributed by atoms with Crippen molar-refractivity contribution < 1.29 is 9.15 Å². The van der Waals surface area contributed by atoms with E-state index >= 15 is 0 Å². The Morgan fingerprint density at radius 1 is 0.457 bits per heavy atom. The van der Waals surface area contributed by atoms with Gasteiger partial charge in [0.25, 0.3) is 0 Å². The van der Waals surface area contributed by atoms with E-state index < -0.39 is 5.41 Å². The minimum Gasteiger partial charge on any atom is -0.457 e. The van der Waals surface area contributed by atoms with E-state index in [4.69, 9.17) is 9.15 Å². The van der Waals surface area contributed by atoms with Gasteiger partial charge in [-0.25, -0.2) is 0 Å². The summed E-state index contributed by atoms with van der Waals surface area (Å²) in [5.74, 6) is 1.80. The van der Waals surface area contributed by atoms with Gasteiger partial charge >= 0.3 is 0 Å². The number of rotatable bonds is 3. The van der Waals surface area contributed by atoms with E-state index in [9.17, 15) is 0 Å². The lowest BCUT2D eigenvalue weighted by atomic mass is 9.66. The molecule has 2 aliphatic rings. The highest BCUT2D eigenvalue weighted by Gasteiger charge is 2.50. The molecule has 1 N–H and O–H groups in total. The molecular weight excluding hydrogens is 562 g/mol. The molecule has 3 heteroatoms. The maximum Gasteiger partial charge on any atom is 0.137 e. The van der Waals surface area contributed by atoms with Crippen molar-refractivity contribution in [2.45, 2.75) is 5.41 Å². The van der Waals surface area contributed by atoms with Crippen LogP contribution >= 0.6 is 0 Å². The predicted octanol–water partition coefficient (Wildman–Crippen LogP) is 11.5. The van der Waals surface area contributed by atoms with Crippen LogP contribution in [-0.4, -0.2) is 0 Å². The Kier molecular flexibility index (Phi) is 5.20. The molecule has 0 saturated carbocycles. The van der Waals surface area contributed by atoms with Crippen molar-refractivity contribution >= 4 is 33.3 Å². The topological polar surface area (TPSA) is 34.4 Å². The molecule has 46 heavy (non-hydrogen) atoms. The molecule has 1 aliphatic carbocycles. The Hall–Kier alpha value is -6.06. The second-order valence-electron chi connectivity index (χ2n) is 12.1. The number of nitrogens with one attached hydrogen (secondary N) is 1. The molecule has 0 radical (unpaired) electrons. The molecule has 216 valence electrons. The van der Waals surface area contributed by atoms with Gasteiger partial charge in [0.2, 0.25) is 0 Å². The van der Waals surface area contributed by atoms with Gasteiger partial charge in [-0.1, -0.05) is 109 Å². The smallest absolute Gasteiger partial charge is 0.137 e. The average molecular weight is 590 g/mol. The summed E-state index contributed by atoms with van der Waals surface area (Å²) in [4.78, 5) is 0. The number of benzene rings is 7. The summed E-state index contributed by atoms with van der Waals surface area (Å²) in [6.45, 7) is 0. The van der Waals surface area contributed by atoms with Gasteiger partial charge in [0.1, 0.15) is 22.7 Å². The Labute approximate surface area is 266 Å². The molecule has 8 aromatic rings. The van der Waals surface area contributed by atoms with Crippen LogP contribution in [0.25, 0.3) is 44.2 Å². The van der Waals surface area contributed by atoms with E-state index in [1.165, 1.54) is 33.4 Å². The number of hydrogen-bond donors (Lipinski definition) is 1. The van der Waals surface area contributed by atoms with Crippen molar-refractivity contribution in [3.63, 3.8) is 0 Å². The fourth-order valence-corrected chi connectivity index (χ4v) is 7.82. The third-order valence-corrected chi connectivity index (χ3v) is 9.75. The van der Waals surface area contributed by atoms with Crippen LogP contribution in [0.15, 0.2) is 162 Å². The first-order chi connectivity index (χ1) is 22.8. The molecule has 10 rings (SSSR count). The van der Waals surface area contributed by atoms with Crippen molar-refractivity contribution in [3.8, 4) is 33.8 Å². The van der Waals surface area contributed by atoms with Gasteiger partial charge in [0.15, 0.2) is 0 Å². The van der Waals surface area contributed by atoms with Gasteiger partial charge in [-0.15, -0.1) is 0 Å². The fourth-order valence-electron chi connectivity index (χ4n) is 7.82. The highest BCUT2D eigenvalue weighted by atomic mass is 16.5. The number of hydrogen-bond acceptors (Lipinski definition) is 3. The molecular formula is C43H27NO2. The number of furan rings is 1. The molecule has 0 saturated heterocycles. The van der Waals surface area contributed by atoms with E-state index in [2.05, 4.69) is 139 Å². The number of fused-ring (bicyclic) bond motifs is 12. The Morgan fingerprint density at radius 3 is 1.89 bits per heavy atom. The minimum atomic E-state index is -0.471. The molecule has 3 nitrogen and oxygen atoms in total. The third kappa shape index (κ3) is 3.43. The van der Waals surface area contributed by atoms with E-state index in [1.54, 1.807) is 0 Å². The van der Waals surface area contributed by atoms with Crippen LogP contribution in [0.5, 0.6) is 11.5 Å². The molecule has 0 atom stereocenters. The second kappa shape index (κ2) is 9.47. The summed E-state index contributed by atoms with van der Waals surface area (Å²) in [5, 5.41) is 5.85. The molecule has 1 spiro atoms. The van der Waals surface area contributed by atoms with E-state index in [0.29, 0.717) is 0 Å². The molecule has 1 aliphatic heterocycles. The van der Waals surface area contributed by atoms with E-state index in [1.807, 2.05) is 24.3 Å². The highest BCUT2D eigenvalue weighted by Crippen LogP contribution is 2.62. The lowest BCUT2D eigenvalue weighted by Gasteiger charge is -2.39. The number of ether oxygens (including phenoxy) is 1. The highest BCUT2D eigenvalue weighted by molar-refractivity contribution is 6.12. The van der Waals surface area contributed by atoms with Gasteiger partial charge in [0.05, 0.1) is 16.5 Å². The van der Waals surface area contributed by atoms with Gasteiger partial charge < -0.3 is 14.5 Å². The van der Waals surface area contributed by atoms with Crippen LogP contribution in [-0.2, 0) is 5.41 Å². The standard InChI is InChI=1S/C43H27NO2/c1-4-13-33-30(10-1)31-11-2-5-14-34(31)43(33)35-15-6-8-18-39(35)46-40-25-22-28(26-36(40)43)27-20-23-29(24-21-27)44-37-16-9-19-41-42(37)32-12-3-7-17-38(32)45-41/h1-26,44H. The van der Waals surface area contributed by atoms with Gasteiger partial charge in [0, 0.05) is 22.2 Å². The van der Waals surface area contributed by atoms with Crippen molar-refractivity contribution in [1.82, 2.24) is 0 Å². The molecule has 2 heterocycles. The first kappa shape index (κ1) is 25.3. The van der Waals surface area contributed by atoms with Crippen LogP contribution in [0.3, 0.4) is 0 Å². The van der Waals surface area contributed by atoms with Gasteiger partial charge in [-0.3, -0.25) is 0 Å². The Bertz CT molecular complexity index is 2440. The van der Waals surface area contributed by atoms with E-state index in [-0.39, 0.29) is 0 Å². The maximum atomic E-state index is 6.61. The summed E-state index contributed by atoms with van der Waals surface area (Å²) in [5.41, 5.74) is 13.1. The summed E-state index contributed by atoms with van der Waals surface area (Å²) >= 11 is 0. The molecule has 1 aromatic heterocycles. The monoisotopic (exact) mass is 589 g/mol. The third-order valence-electron chi connectivity index (χ3n) is 9.75. The van der Waals surface area contributed by atoms with Gasteiger partial charge in [-0.2, -0.15) is 0 Å². The van der Waals surface area contributed by atoms with Crippen LogP contribution in [0, 0.1) is 0 Å². The summed E-state index contributed by atoms with van der Waals surface area (Å²) < 4.78 is 12.7. The summed E-state index contributed by atoms with van der Waals surface area (Å²) in [6, 6.07) is 55.9. The lowest BCUT2D eigenvalue weighted by Crippen LogP contribution is -2.32. The van der Waals surface area contributed by atoms with Crippen molar-refractivity contribution in [2.75, 3.05) is 5.32 Å². The molecule has 0 amide bonds. The van der Waals surface area contributed by atoms with E-state index in [0.717, 1.165) is 55.9 Å². The largest absolute Gasteiger partial charge is 0.457 e. The van der Waals surface area contributed by atoms with Crippen LogP contribution in [0.2, 0.25) is 0 Å². The minimum absolute atomic E-state index is 0.471. The lowest BCUT2D eigenvalue weighted by molar-refractivity contribution is 0.436. The quantitative estimate of drug-likeness (QED) is 0.223. The van der Waals surface area contributed by atoms with Crippen molar-refractivity contribution in [1.29, 1.82) is 0 Å². The fraction of sp³-hybridized carbons (Fsp3) is 0.0233. The second-order valence-corrected chi connectivity index (χ2v) is 12.1. The van der Waals surface area contributed by atoms with Crippen molar-refractivity contribution in [3.05, 3.63) is 180 Å². The normalized spacial score (nSPS) is 13.6. The Morgan fingerprint density at radius 2 is 1.09 bits per heavy atom. The molecule has 7 aromatic carbocycles. The maximum absolute atomic E-state index is 6.61. The van der Waals surface area contributed by atoms with Crippen LogP contribution < -0.4 is 10.1 Å². The summed E-state index contributed by atoms with van der Waals surface area (Å²) in [6.07, 6.45) is 0. The first-order valence-corrected chi connectivity index (χ1v) is 15.7. The first-order valence-electron chi connectivity index (χ1n) is 15.7. The molecule has 0 unspecified atom stereocenters.